The highest BCUT2D eigenvalue weighted by atomic mass is 35.5. The van der Waals surface area contributed by atoms with E-state index in [9.17, 15) is 37.5 Å². The van der Waals surface area contributed by atoms with Crippen LogP contribution in [0.4, 0.5) is 27.6 Å². The van der Waals surface area contributed by atoms with Gasteiger partial charge in [0.25, 0.3) is 11.8 Å². The summed E-state index contributed by atoms with van der Waals surface area (Å²) in [5.41, 5.74) is -1.13. The summed E-state index contributed by atoms with van der Waals surface area (Å²) in [5, 5.41) is 9.98. The normalized spacial score (nSPS) is 31.0. The molecule has 2 heterocycles. The SMILES string of the molecule is COc1cc(C=C[C@H]2C3=CC[C@@H]4C(=O)N(C)C(=O)[C@@H]4[C@@H]3C[C@@]3(Cl)C(=O)N(c4c(F)c(F)c(F)c(F)c4F)C(=O)[C@@]23Cl)ccc1O. The van der Waals surface area contributed by atoms with E-state index in [0.717, 1.165) is 4.90 Å². The van der Waals surface area contributed by atoms with E-state index in [1.807, 2.05) is 0 Å². The molecule has 6 rings (SSSR count). The number of halogens is 7. The van der Waals surface area contributed by atoms with Crippen LogP contribution in [0, 0.1) is 52.8 Å². The molecular weight excluding hydrogens is 650 g/mol. The van der Waals surface area contributed by atoms with E-state index in [1.165, 1.54) is 44.5 Å². The second kappa shape index (κ2) is 10.3. The molecule has 45 heavy (non-hydrogen) atoms. The number of imide groups is 2. The third-order valence-electron chi connectivity index (χ3n) is 9.18. The van der Waals surface area contributed by atoms with E-state index in [1.54, 1.807) is 6.08 Å². The summed E-state index contributed by atoms with van der Waals surface area (Å²) in [7, 11) is 2.60. The molecule has 2 aliphatic heterocycles. The van der Waals surface area contributed by atoms with Gasteiger partial charge in [-0.15, -0.1) is 23.2 Å². The Kier molecular flexibility index (Phi) is 7.09. The fourth-order valence-corrected chi connectivity index (χ4v) is 7.87. The summed E-state index contributed by atoms with van der Waals surface area (Å²) in [4.78, 5) is 49.7. The summed E-state index contributed by atoms with van der Waals surface area (Å²) < 4.78 is 77.5. The van der Waals surface area contributed by atoms with Crippen molar-refractivity contribution in [3.63, 3.8) is 0 Å². The number of allylic oxidation sites excluding steroid dienone is 3. The molecular formula is C30H21Cl2F5N2O6. The molecule has 2 saturated heterocycles. The van der Waals surface area contributed by atoms with E-state index < -0.39 is 98.2 Å². The van der Waals surface area contributed by atoms with Crippen LogP contribution in [0.1, 0.15) is 18.4 Å². The fourth-order valence-electron chi connectivity index (χ4n) is 6.98. The number of phenolic OH excluding ortho intramolecular Hbond substituents is 1. The minimum Gasteiger partial charge on any atom is -0.504 e. The van der Waals surface area contributed by atoms with Gasteiger partial charge in [-0.05, 0) is 36.5 Å². The lowest BCUT2D eigenvalue weighted by atomic mass is 9.57. The van der Waals surface area contributed by atoms with Crippen LogP contribution in [-0.4, -0.2) is 57.5 Å². The molecule has 1 N–H and O–H groups in total. The Morgan fingerprint density at radius 2 is 1.56 bits per heavy atom. The number of fused-ring (bicyclic) bond motifs is 4. The van der Waals surface area contributed by atoms with Crippen molar-refractivity contribution in [2.45, 2.75) is 22.6 Å². The fraction of sp³-hybridized carbons (Fsp3) is 0.333. The van der Waals surface area contributed by atoms with Gasteiger partial charge >= 0.3 is 0 Å². The van der Waals surface area contributed by atoms with Crippen LogP contribution < -0.4 is 9.64 Å². The molecule has 0 aromatic heterocycles. The first-order valence-corrected chi connectivity index (χ1v) is 14.2. The van der Waals surface area contributed by atoms with Gasteiger partial charge in [-0.2, -0.15) is 0 Å². The van der Waals surface area contributed by atoms with Crippen molar-refractivity contribution in [1.29, 1.82) is 0 Å². The van der Waals surface area contributed by atoms with E-state index >= 15 is 8.78 Å². The van der Waals surface area contributed by atoms with E-state index in [0.29, 0.717) is 11.1 Å². The highest BCUT2D eigenvalue weighted by molar-refractivity contribution is 6.58. The molecule has 8 nitrogen and oxygen atoms in total. The van der Waals surface area contributed by atoms with E-state index in [2.05, 4.69) is 0 Å². The van der Waals surface area contributed by atoms with E-state index in [-0.39, 0.29) is 22.8 Å². The number of methoxy groups -OCH3 is 1. The number of alkyl halides is 2. The minimum absolute atomic E-state index is 0.0501. The maximum absolute atomic E-state index is 15.0. The number of anilines is 1. The molecule has 4 aliphatic rings. The van der Waals surface area contributed by atoms with Gasteiger partial charge in [0.05, 0.1) is 18.9 Å². The van der Waals surface area contributed by atoms with Crippen LogP contribution in [0.2, 0.25) is 0 Å². The van der Waals surface area contributed by atoms with Crippen LogP contribution in [0.5, 0.6) is 11.5 Å². The Morgan fingerprint density at radius 1 is 0.933 bits per heavy atom. The highest BCUT2D eigenvalue weighted by Crippen LogP contribution is 2.63. The number of carbonyl (C=O) groups is 4. The second-order valence-corrected chi connectivity index (χ2v) is 12.5. The van der Waals surface area contributed by atoms with Gasteiger partial charge < -0.3 is 9.84 Å². The lowest BCUT2D eigenvalue weighted by Gasteiger charge is -2.49. The molecule has 4 amide bonds. The standard InChI is InChI=1S/C30H21Cl2F5N2O6/c1-38-25(41)13-6-5-12-14(18(13)26(38)42)10-29(31)27(43)39(24-22(36)20(34)19(33)21(35)23(24)37)28(44)30(29,32)15(12)7-3-11-4-8-16(40)17(9-11)45-2/h3-5,7-9,13-15,18,40H,6,10H2,1-2H3/t13-,14+,15-,18-,29+,30-/m0/s1. The van der Waals surface area contributed by atoms with Crippen molar-refractivity contribution in [3.05, 3.63) is 70.6 Å². The zero-order valence-corrected chi connectivity index (χ0v) is 24.7. The van der Waals surface area contributed by atoms with Crippen LogP contribution in [0.3, 0.4) is 0 Å². The van der Waals surface area contributed by atoms with Crippen LogP contribution in [0.15, 0.2) is 35.9 Å². The van der Waals surface area contributed by atoms with Gasteiger partial charge in [-0.1, -0.05) is 29.9 Å². The summed E-state index contributed by atoms with van der Waals surface area (Å²) >= 11 is 13.9. The zero-order chi connectivity index (χ0) is 32.9. The molecule has 6 atom stereocenters. The predicted octanol–water partition coefficient (Wildman–Crippen LogP) is 4.84. The molecule has 236 valence electrons. The maximum atomic E-state index is 15.0. The lowest BCUT2D eigenvalue weighted by molar-refractivity contribution is -0.138. The van der Waals surface area contributed by atoms with Gasteiger partial charge in [0.15, 0.2) is 44.5 Å². The smallest absolute Gasteiger partial charge is 0.258 e. The van der Waals surface area contributed by atoms with E-state index in [4.69, 9.17) is 27.9 Å². The molecule has 2 aromatic rings. The number of rotatable bonds is 4. The number of hydrogen-bond donors (Lipinski definition) is 1. The number of carbonyl (C=O) groups excluding carboxylic acids is 4. The molecule has 2 aromatic carbocycles. The molecule has 1 saturated carbocycles. The van der Waals surface area contributed by atoms with Crippen molar-refractivity contribution in [2.75, 3.05) is 19.1 Å². The quantitative estimate of drug-likeness (QED) is 0.125. The largest absolute Gasteiger partial charge is 0.504 e. The lowest BCUT2D eigenvalue weighted by Crippen LogP contribution is -2.60. The average Bonchev–Trinajstić information content (AvgIpc) is 3.33. The van der Waals surface area contributed by atoms with Crippen molar-refractivity contribution in [1.82, 2.24) is 4.90 Å². The first-order chi connectivity index (χ1) is 21.1. The van der Waals surface area contributed by atoms with Crippen molar-refractivity contribution in [2.24, 2.45) is 23.7 Å². The van der Waals surface area contributed by atoms with Crippen molar-refractivity contribution in [3.8, 4) is 11.5 Å². The predicted molar refractivity (Wildman–Crippen MR) is 149 cm³/mol. The number of phenols is 1. The maximum Gasteiger partial charge on any atom is 0.258 e. The number of benzene rings is 2. The number of amides is 4. The third-order valence-corrected chi connectivity index (χ3v) is 10.6. The molecule has 3 fully saturated rings. The van der Waals surface area contributed by atoms with Crippen LogP contribution >= 0.6 is 23.2 Å². The Hall–Kier alpha value is -3.97. The summed E-state index contributed by atoms with van der Waals surface area (Å²) in [6, 6.07) is 4.19. The molecule has 0 unspecified atom stereocenters. The first kappa shape index (κ1) is 31.0. The Balaban J connectivity index is 1.56. The van der Waals surface area contributed by atoms with Gasteiger partial charge in [-0.3, -0.25) is 24.1 Å². The van der Waals surface area contributed by atoms with Gasteiger partial charge in [0, 0.05) is 13.0 Å². The number of aromatic hydroxyl groups is 1. The summed E-state index contributed by atoms with van der Waals surface area (Å²) in [6.07, 6.45) is 3.84. The highest BCUT2D eigenvalue weighted by Gasteiger charge is 2.76. The molecule has 2 aliphatic carbocycles. The van der Waals surface area contributed by atoms with Crippen molar-refractivity contribution >= 4 is 58.6 Å². The minimum atomic E-state index is -2.60. The first-order valence-electron chi connectivity index (χ1n) is 13.5. The summed E-state index contributed by atoms with van der Waals surface area (Å²) in [5.74, 6) is -20.8. The zero-order valence-electron chi connectivity index (χ0n) is 23.2. The molecule has 0 spiro atoms. The van der Waals surface area contributed by atoms with Crippen LogP contribution in [-0.2, 0) is 19.2 Å². The average molecular weight is 671 g/mol. The summed E-state index contributed by atoms with van der Waals surface area (Å²) in [6.45, 7) is 0. The molecule has 0 bridgehead atoms. The third kappa shape index (κ3) is 3.95. The Morgan fingerprint density at radius 3 is 2.18 bits per heavy atom. The Labute approximate surface area is 261 Å². The van der Waals surface area contributed by atoms with Gasteiger partial charge in [0.1, 0.15) is 5.69 Å². The molecule has 15 heteroatoms. The molecule has 0 radical (unpaired) electrons. The van der Waals surface area contributed by atoms with Crippen LogP contribution in [0.25, 0.3) is 6.08 Å². The number of hydrogen-bond acceptors (Lipinski definition) is 6. The van der Waals surface area contributed by atoms with Gasteiger partial charge in [-0.25, -0.2) is 26.9 Å². The number of nitrogens with zero attached hydrogens (tertiary/aromatic N) is 2. The second-order valence-electron chi connectivity index (χ2n) is 11.3. The number of ether oxygens (including phenoxy) is 1. The van der Waals surface area contributed by atoms with Gasteiger partial charge in [0.2, 0.25) is 17.6 Å². The topological polar surface area (TPSA) is 104 Å². The Bertz CT molecular complexity index is 1770. The monoisotopic (exact) mass is 670 g/mol. The number of likely N-dealkylation sites (tertiary alicyclic amines) is 1. The van der Waals surface area contributed by atoms with Crippen molar-refractivity contribution < 1.29 is 51.0 Å².